The lowest BCUT2D eigenvalue weighted by atomic mass is 9.71. The molecular formula is C19H27N3O5S. The van der Waals surface area contributed by atoms with Gasteiger partial charge in [-0.2, -0.15) is 0 Å². The highest BCUT2D eigenvalue weighted by Crippen LogP contribution is 2.52. The maximum atomic E-state index is 13.1. The Morgan fingerprint density at radius 2 is 1.96 bits per heavy atom. The first-order valence-corrected chi connectivity index (χ1v) is 11.1. The number of aliphatic hydroxyl groups excluding tert-OH is 1. The smallest absolute Gasteiger partial charge is 0.254 e. The average molecular weight is 410 g/mol. The van der Waals surface area contributed by atoms with Gasteiger partial charge in [-0.15, -0.1) is 0 Å². The number of aliphatic hydroxyl groups is 1. The van der Waals surface area contributed by atoms with Crippen molar-refractivity contribution in [2.45, 2.75) is 56.0 Å². The van der Waals surface area contributed by atoms with E-state index >= 15 is 0 Å². The molecule has 2 bridgehead atoms. The van der Waals surface area contributed by atoms with E-state index in [1.54, 1.807) is 4.90 Å². The van der Waals surface area contributed by atoms with E-state index in [1.165, 1.54) is 24.3 Å². The van der Waals surface area contributed by atoms with Gasteiger partial charge in [0.25, 0.3) is 5.91 Å². The Bertz CT molecular complexity index is 855. The quantitative estimate of drug-likeness (QED) is 0.568. The molecule has 2 aliphatic heterocycles. The number of nitrogens with zero attached hydrogens (tertiary/aromatic N) is 1. The Labute approximate surface area is 165 Å². The van der Waals surface area contributed by atoms with Gasteiger partial charge in [-0.05, 0) is 56.4 Å². The number of hydrogen-bond acceptors (Lipinski definition) is 5. The van der Waals surface area contributed by atoms with Gasteiger partial charge in [0.05, 0.1) is 10.3 Å². The molecular weight excluding hydrogens is 382 g/mol. The molecule has 154 valence electrons. The van der Waals surface area contributed by atoms with Crippen LogP contribution in [0.3, 0.4) is 0 Å². The number of sulfonamides is 1. The first-order chi connectivity index (χ1) is 13.2. The highest BCUT2D eigenvalue weighted by molar-refractivity contribution is 7.89. The van der Waals surface area contributed by atoms with Crippen LogP contribution in [0.4, 0.5) is 0 Å². The monoisotopic (exact) mass is 409 g/mol. The molecule has 8 nitrogen and oxygen atoms in total. The Morgan fingerprint density at radius 1 is 1.29 bits per heavy atom. The van der Waals surface area contributed by atoms with Crippen molar-refractivity contribution in [1.29, 1.82) is 0 Å². The fraction of sp³-hybridized carbons (Fsp3) is 0.579. The lowest BCUT2D eigenvalue weighted by Crippen LogP contribution is -2.49. The van der Waals surface area contributed by atoms with Gasteiger partial charge in [-0.3, -0.25) is 9.59 Å². The molecule has 0 aliphatic carbocycles. The summed E-state index contributed by atoms with van der Waals surface area (Å²) in [6.45, 7) is 2.40. The SMILES string of the molecule is CC[C@]1(C(=O)NCCCO)C[C@H]2CC[C@@H]1N2C(=O)c1ccc(S(N)(=O)=O)cc1. The fourth-order valence-corrected chi connectivity index (χ4v) is 5.18. The zero-order chi connectivity index (χ0) is 20.5. The summed E-state index contributed by atoms with van der Waals surface area (Å²) in [6.07, 6.45) is 3.39. The summed E-state index contributed by atoms with van der Waals surface area (Å²) < 4.78 is 22.8. The van der Waals surface area contributed by atoms with E-state index in [1.807, 2.05) is 6.92 Å². The van der Waals surface area contributed by atoms with E-state index in [4.69, 9.17) is 10.2 Å². The summed E-state index contributed by atoms with van der Waals surface area (Å²) in [6, 6.07) is 5.41. The van der Waals surface area contributed by atoms with Gasteiger partial charge in [0, 0.05) is 30.8 Å². The Morgan fingerprint density at radius 3 is 2.54 bits per heavy atom. The number of nitrogens with one attached hydrogen (secondary N) is 1. The molecule has 9 heteroatoms. The van der Waals surface area contributed by atoms with Crippen LogP contribution in [0.25, 0.3) is 0 Å². The van der Waals surface area contributed by atoms with Crippen molar-refractivity contribution in [3.05, 3.63) is 29.8 Å². The molecule has 0 spiro atoms. The molecule has 0 radical (unpaired) electrons. The fourth-order valence-electron chi connectivity index (χ4n) is 4.67. The summed E-state index contributed by atoms with van der Waals surface area (Å²) in [5.74, 6) is -0.245. The van der Waals surface area contributed by atoms with Crippen molar-refractivity contribution in [2.75, 3.05) is 13.2 Å². The van der Waals surface area contributed by atoms with Crippen LogP contribution in [0, 0.1) is 5.41 Å². The standard InChI is InChI=1S/C19H27N3O5S/c1-2-19(18(25)21-10-3-11-23)12-14-6-9-16(19)22(14)17(24)13-4-7-15(8-5-13)28(20,26)27/h4-5,7-8,14,16,23H,2-3,6,9-12H2,1H3,(H,21,25)(H2,20,26,27)/t14-,16+,19+/m1/s1. The summed E-state index contributed by atoms with van der Waals surface area (Å²) in [5.41, 5.74) is -0.230. The second kappa shape index (κ2) is 7.81. The number of rotatable bonds is 7. The second-order valence-electron chi connectivity index (χ2n) is 7.58. The molecule has 1 aromatic carbocycles. The Balaban J connectivity index is 1.81. The number of nitrogens with two attached hydrogens (primary N) is 1. The molecule has 1 aromatic rings. The summed E-state index contributed by atoms with van der Waals surface area (Å²) in [7, 11) is -3.81. The first-order valence-electron chi connectivity index (χ1n) is 9.59. The first kappa shape index (κ1) is 20.8. The molecule has 2 saturated heterocycles. The predicted molar refractivity (Wildman–Crippen MR) is 103 cm³/mol. The number of hydrogen-bond donors (Lipinski definition) is 3. The maximum Gasteiger partial charge on any atom is 0.254 e. The van der Waals surface area contributed by atoms with Crippen LogP contribution in [-0.4, -0.2) is 55.5 Å². The molecule has 0 saturated carbocycles. The third-order valence-electron chi connectivity index (χ3n) is 6.11. The molecule has 2 heterocycles. The third-order valence-corrected chi connectivity index (χ3v) is 7.04. The van der Waals surface area contributed by atoms with E-state index in [0.717, 1.165) is 12.8 Å². The number of carbonyl (C=O) groups is 2. The zero-order valence-electron chi connectivity index (χ0n) is 15.9. The van der Waals surface area contributed by atoms with Crippen LogP contribution in [0.5, 0.6) is 0 Å². The maximum absolute atomic E-state index is 13.1. The van der Waals surface area contributed by atoms with Crippen molar-refractivity contribution in [3.63, 3.8) is 0 Å². The van der Waals surface area contributed by atoms with Crippen molar-refractivity contribution in [2.24, 2.45) is 10.6 Å². The van der Waals surface area contributed by atoms with Gasteiger partial charge >= 0.3 is 0 Å². The van der Waals surface area contributed by atoms with Gasteiger partial charge < -0.3 is 15.3 Å². The van der Waals surface area contributed by atoms with Crippen molar-refractivity contribution in [3.8, 4) is 0 Å². The number of carbonyl (C=O) groups excluding carboxylic acids is 2. The van der Waals surface area contributed by atoms with Gasteiger partial charge in [0.1, 0.15) is 0 Å². The van der Waals surface area contributed by atoms with Gasteiger partial charge in [-0.25, -0.2) is 13.6 Å². The molecule has 4 N–H and O–H groups in total. The van der Waals surface area contributed by atoms with Crippen LogP contribution >= 0.6 is 0 Å². The number of benzene rings is 1. The van der Waals surface area contributed by atoms with E-state index < -0.39 is 15.4 Å². The van der Waals surface area contributed by atoms with Gasteiger partial charge in [-0.1, -0.05) is 6.92 Å². The van der Waals surface area contributed by atoms with Crippen molar-refractivity contribution < 1.29 is 23.1 Å². The summed E-state index contributed by atoms with van der Waals surface area (Å²) in [4.78, 5) is 27.8. The minimum Gasteiger partial charge on any atom is -0.396 e. The Hall–Kier alpha value is -1.97. The molecule has 2 fully saturated rings. The third kappa shape index (κ3) is 3.54. The molecule has 2 amide bonds. The van der Waals surface area contributed by atoms with E-state index in [0.29, 0.717) is 31.4 Å². The van der Waals surface area contributed by atoms with Crippen LogP contribution in [0.1, 0.15) is 49.4 Å². The largest absolute Gasteiger partial charge is 0.396 e. The molecule has 3 atom stereocenters. The normalized spacial score (nSPS) is 26.5. The molecule has 0 aromatic heterocycles. The number of primary sulfonamides is 1. The highest BCUT2D eigenvalue weighted by atomic mass is 32.2. The van der Waals surface area contributed by atoms with Crippen LogP contribution < -0.4 is 10.5 Å². The van der Waals surface area contributed by atoms with Crippen molar-refractivity contribution >= 4 is 21.8 Å². The minimum absolute atomic E-state index is 0.000963. The van der Waals surface area contributed by atoms with E-state index in [-0.39, 0.29) is 35.4 Å². The summed E-state index contributed by atoms with van der Waals surface area (Å²) >= 11 is 0. The minimum atomic E-state index is -3.81. The highest BCUT2D eigenvalue weighted by Gasteiger charge is 2.60. The average Bonchev–Trinajstić information content (AvgIpc) is 3.23. The van der Waals surface area contributed by atoms with E-state index in [9.17, 15) is 18.0 Å². The zero-order valence-corrected chi connectivity index (χ0v) is 16.7. The number of amides is 2. The lowest BCUT2D eigenvalue weighted by molar-refractivity contribution is -0.133. The van der Waals surface area contributed by atoms with Gasteiger partial charge in [0.15, 0.2) is 0 Å². The predicted octanol–water partition coefficient (Wildman–Crippen LogP) is 0.606. The molecule has 28 heavy (non-hydrogen) atoms. The Kier molecular flexibility index (Phi) is 5.79. The summed E-state index contributed by atoms with van der Waals surface area (Å²) in [5, 5.41) is 17.0. The van der Waals surface area contributed by atoms with Crippen LogP contribution in [-0.2, 0) is 14.8 Å². The van der Waals surface area contributed by atoms with Gasteiger partial charge in [0.2, 0.25) is 15.9 Å². The van der Waals surface area contributed by atoms with E-state index in [2.05, 4.69) is 5.32 Å². The van der Waals surface area contributed by atoms with Crippen molar-refractivity contribution in [1.82, 2.24) is 10.2 Å². The number of fused-ring (bicyclic) bond motifs is 2. The molecule has 0 unspecified atom stereocenters. The topological polar surface area (TPSA) is 130 Å². The van der Waals surface area contributed by atoms with Crippen LogP contribution in [0.15, 0.2) is 29.2 Å². The second-order valence-corrected chi connectivity index (χ2v) is 9.14. The van der Waals surface area contributed by atoms with Crippen LogP contribution in [0.2, 0.25) is 0 Å². The molecule has 3 rings (SSSR count). The molecule has 2 aliphatic rings. The lowest BCUT2D eigenvalue weighted by Gasteiger charge is -2.35.